The van der Waals surface area contributed by atoms with Crippen LogP contribution in [-0.2, 0) is 11.2 Å². The number of rotatable bonds is 5. The van der Waals surface area contributed by atoms with Crippen LogP contribution in [0.5, 0.6) is 0 Å². The first-order valence-corrected chi connectivity index (χ1v) is 18.7. The SMILES string of the molecule is [O-][S+]1c2ccccc2N(c2ccccc2)c2cc3c4ccccc4n(-c4cccc(-c5cccc(-c6cccc(-c7ccccc7)c6)c5)c4)c3cc21. The summed E-state index contributed by atoms with van der Waals surface area (Å²) in [5.74, 6) is 0. The minimum absolute atomic E-state index is 0.806. The van der Waals surface area contributed by atoms with Gasteiger partial charge in [0.15, 0.2) is 9.79 Å². The van der Waals surface area contributed by atoms with Crippen LogP contribution in [0.2, 0.25) is 0 Å². The number of hydrogen-bond donors (Lipinski definition) is 0. The van der Waals surface area contributed by atoms with Crippen LogP contribution >= 0.6 is 0 Å². The van der Waals surface area contributed by atoms with Crippen molar-refractivity contribution in [1.82, 2.24) is 4.57 Å². The summed E-state index contributed by atoms with van der Waals surface area (Å²) in [5, 5.41) is 2.28. The van der Waals surface area contributed by atoms with Gasteiger partial charge in [-0.25, -0.2) is 0 Å². The first-order valence-electron chi connectivity index (χ1n) is 17.5. The van der Waals surface area contributed by atoms with E-state index in [1.54, 1.807) is 0 Å². The molecule has 0 saturated carbocycles. The molecule has 0 aliphatic carbocycles. The average molecular weight is 685 g/mol. The smallest absolute Gasteiger partial charge is 0.184 e. The fourth-order valence-corrected chi connectivity index (χ4v) is 9.05. The third-order valence-corrected chi connectivity index (χ3v) is 11.6. The van der Waals surface area contributed by atoms with Crippen LogP contribution in [-0.4, -0.2) is 9.12 Å². The van der Waals surface area contributed by atoms with E-state index in [0.29, 0.717) is 0 Å². The molecule has 0 spiro atoms. The van der Waals surface area contributed by atoms with E-state index in [2.05, 4.69) is 179 Å². The molecule has 52 heavy (non-hydrogen) atoms. The van der Waals surface area contributed by atoms with E-state index in [4.69, 9.17) is 0 Å². The van der Waals surface area contributed by atoms with Crippen LogP contribution in [0.4, 0.5) is 17.1 Å². The highest BCUT2D eigenvalue weighted by molar-refractivity contribution is 7.92. The van der Waals surface area contributed by atoms with Gasteiger partial charge in [-0.3, -0.25) is 0 Å². The molecular weight excluding hydrogens is 653 g/mol. The minimum Gasteiger partial charge on any atom is -0.606 e. The summed E-state index contributed by atoms with van der Waals surface area (Å²) in [6, 6.07) is 68.2. The highest BCUT2D eigenvalue weighted by Gasteiger charge is 2.35. The van der Waals surface area contributed by atoms with Gasteiger partial charge in [-0.2, -0.15) is 0 Å². The molecule has 4 heteroatoms. The maximum atomic E-state index is 14.4. The van der Waals surface area contributed by atoms with Gasteiger partial charge in [-0.1, -0.05) is 127 Å². The number of hydrogen-bond acceptors (Lipinski definition) is 2. The highest BCUT2D eigenvalue weighted by atomic mass is 32.2. The monoisotopic (exact) mass is 684 g/mol. The van der Waals surface area contributed by atoms with Crippen LogP contribution in [0.25, 0.3) is 60.9 Å². The molecule has 0 radical (unpaired) electrons. The van der Waals surface area contributed by atoms with Crippen LogP contribution in [0.3, 0.4) is 0 Å². The molecule has 0 bridgehead atoms. The zero-order chi connectivity index (χ0) is 34.6. The summed E-state index contributed by atoms with van der Waals surface area (Å²) in [6.45, 7) is 0. The predicted octanol–water partition coefficient (Wildman–Crippen LogP) is 12.7. The van der Waals surface area contributed by atoms with Crippen molar-refractivity contribution in [2.24, 2.45) is 0 Å². The van der Waals surface area contributed by atoms with Crippen LogP contribution < -0.4 is 4.90 Å². The summed E-state index contributed by atoms with van der Waals surface area (Å²) in [7, 11) is 0. The number of benzene rings is 8. The molecule has 1 aliphatic rings. The first kappa shape index (κ1) is 30.5. The Hall–Kier alpha value is -6.33. The second-order valence-corrected chi connectivity index (χ2v) is 14.6. The lowest BCUT2D eigenvalue weighted by molar-refractivity contribution is 0.594. The van der Waals surface area contributed by atoms with Crippen molar-refractivity contribution in [2.45, 2.75) is 9.79 Å². The quantitative estimate of drug-likeness (QED) is 0.169. The Kier molecular flexibility index (Phi) is 7.31. The molecule has 0 N–H and O–H groups in total. The van der Waals surface area contributed by atoms with E-state index in [0.717, 1.165) is 65.5 Å². The molecule has 1 aliphatic heterocycles. The maximum Gasteiger partial charge on any atom is 0.184 e. The molecule has 3 nitrogen and oxygen atoms in total. The van der Waals surface area contributed by atoms with Crippen LogP contribution in [0.1, 0.15) is 0 Å². The maximum absolute atomic E-state index is 14.4. The Balaban J connectivity index is 1.12. The van der Waals surface area contributed by atoms with Gasteiger partial charge in [0.2, 0.25) is 0 Å². The average Bonchev–Trinajstić information content (AvgIpc) is 3.54. The summed E-state index contributed by atoms with van der Waals surface area (Å²) in [6.07, 6.45) is 0. The number of fused-ring (bicyclic) bond motifs is 5. The molecule has 9 aromatic rings. The van der Waals surface area contributed by atoms with Crippen molar-refractivity contribution < 1.29 is 4.55 Å². The fraction of sp³-hybridized carbons (Fsp3) is 0. The van der Waals surface area contributed by atoms with E-state index in [9.17, 15) is 4.55 Å². The Bertz CT molecular complexity index is 2770. The molecule has 1 aromatic heterocycles. The summed E-state index contributed by atoms with van der Waals surface area (Å²) in [4.78, 5) is 3.87. The van der Waals surface area contributed by atoms with Crippen molar-refractivity contribution >= 4 is 50.0 Å². The molecular formula is C48H32N2OS. The minimum atomic E-state index is -1.35. The fourth-order valence-electron chi connectivity index (χ4n) is 7.70. The lowest BCUT2D eigenvalue weighted by Crippen LogP contribution is -2.22. The third-order valence-electron chi connectivity index (χ3n) is 10.1. The molecule has 0 saturated heterocycles. The Morgan fingerprint density at radius 3 is 1.62 bits per heavy atom. The summed E-state index contributed by atoms with van der Waals surface area (Å²) < 4.78 is 16.7. The third kappa shape index (κ3) is 5.03. The molecule has 1 atom stereocenters. The van der Waals surface area contributed by atoms with E-state index in [-0.39, 0.29) is 0 Å². The van der Waals surface area contributed by atoms with Gasteiger partial charge in [-0.15, -0.1) is 0 Å². The van der Waals surface area contributed by atoms with Crippen LogP contribution in [0.15, 0.2) is 204 Å². The molecule has 1 unspecified atom stereocenters. The normalized spacial score (nSPS) is 13.6. The Morgan fingerprint density at radius 2 is 0.885 bits per heavy atom. The van der Waals surface area contributed by atoms with Crippen molar-refractivity contribution in [3.05, 3.63) is 194 Å². The number of anilines is 3. The largest absolute Gasteiger partial charge is 0.606 e. The van der Waals surface area contributed by atoms with Crippen molar-refractivity contribution in [2.75, 3.05) is 4.90 Å². The first-order chi connectivity index (χ1) is 25.7. The molecule has 2 heterocycles. The zero-order valence-corrected chi connectivity index (χ0v) is 29.0. The predicted molar refractivity (Wildman–Crippen MR) is 216 cm³/mol. The van der Waals surface area contributed by atoms with Gasteiger partial charge in [-0.05, 0) is 94.0 Å². The van der Waals surface area contributed by atoms with Gasteiger partial charge in [0, 0.05) is 39.4 Å². The van der Waals surface area contributed by atoms with Crippen LogP contribution in [0, 0.1) is 0 Å². The van der Waals surface area contributed by atoms with E-state index >= 15 is 0 Å². The zero-order valence-electron chi connectivity index (χ0n) is 28.2. The molecule has 10 rings (SSSR count). The van der Waals surface area contributed by atoms with E-state index < -0.39 is 11.2 Å². The van der Waals surface area contributed by atoms with Gasteiger partial charge in [0.1, 0.15) is 11.4 Å². The lowest BCUT2D eigenvalue weighted by atomic mass is 9.96. The molecule has 8 aromatic carbocycles. The summed E-state index contributed by atoms with van der Waals surface area (Å²) in [5.41, 5.74) is 13.2. The number of nitrogens with zero attached hydrogens (tertiary/aromatic N) is 2. The van der Waals surface area contributed by atoms with Gasteiger partial charge in [0.25, 0.3) is 0 Å². The van der Waals surface area contributed by atoms with Crippen molar-refractivity contribution in [3.63, 3.8) is 0 Å². The second-order valence-electron chi connectivity index (χ2n) is 13.2. The van der Waals surface area contributed by atoms with E-state index in [1.807, 2.05) is 24.3 Å². The van der Waals surface area contributed by atoms with Gasteiger partial charge >= 0.3 is 0 Å². The van der Waals surface area contributed by atoms with Gasteiger partial charge < -0.3 is 14.0 Å². The van der Waals surface area contributed by atoms with Crippen molar-refractivity contribution in [1.29, 1.82) is 0 Å². The topological polar surface area (TPSA) is 31.2 Å². The standard InChI is InChI=1S/C48H32N2OS/c51-52-47-27-10-9-26-44(47)49(39-21-5-2-6-22-39)46-31-42-41-24-7-8-25-43(41)50(45(42)32-48(46)52)40-23-13-20-38(30-40)37-19-12-18-36(29-37)35-17-11-16-34(28-35)33-14-3-1-4-15-33/h1-32H. The molecule has 0 amide bonds. The van der Waals surface area contributed by atoms with E-state index in [1.165, 1.54) is 22.3 Å². The Labute approximate surface area is 305 Å². The van der Waals surface area contributed by atoms with Gasteiger partial charge in [0.05, 0.1) is 11.0 Å². The molecule has 0 fully saturated rings. The highest BCUT2D eigenvalue weighted by Crippen LogP contribution is 2.50. The number of para-hydroxylation sites is 3. The summed E-state index contributed by atoms with van der Waals surface area (Å²) >= 11 is -1.35. The Morgan fingerprint density at radius 1 is 0.346 bits per heavy atom. The van der Waals surface area contributed by atoms with Crippen molar-refractivity contribution in [3.8, 4) is 39.1 Å². The number of aromatic nitrogens is 1. The molecule has 246 valence electrons. The lowest BCUT2D eigenvalue weighted by Gasteiger charge is -2.33. The second kappa shape index (κ2) is 12.5.